The molecule has 3 rings (SSSR count). The molecule has 2 heterocycles. The second-order valence-corrected chi connectivity index (χ2v) is 5.09. The first kappa shape index (κ1) is 13.1. The molecule has 0 radical (unpaired) electrons. The zero-order valence-corrected chi connectivity index (χ0v) is 11.4. The van der Waals surface area contributed by atoms with Gasteiger partial charge in [0.15, 0.2) is 5.82 Å². The highest BCUT2D eigenvalue weighted by Gasteiger charge is 2.35. The van der Waals surface area contributed by atoms with Gasteiger partial charge in [-0.1, -0.05) is 16.8 Å². The van der Waals surface area contributed by atoms with Crippen LogP contribution in [0.5, 0.6) is 0 Å². The molecule has 5 nitrogen and oxygen atoms in total. The fourth-order valence-corrected chi connectivity index (χ4v) is 2.55. The summed E-state index contributed by atoms with van der Waals surface area (Å²) >= 11 is 5.99. The van der Waals surface area contributed by atoms with E-state index in [1.165, 1.54) is 23.1 Å². The van der Waals surface area contributed by atoms with E-state index in [1.54, 1.807) is 6.92 Å². The fourth-order valence-electron chi connectivity index (χ4n) is 2.28. The maximum atomic E-state index is 13.1. The second-order valence-electron chi connectivity index (χ2n) is 4.68. The number of hydrogen-bond donors (Lipinski definition) is 0. The first-order chi connectivity index (χ1) is 9.54. The summed E-state index contributed by atoms with van der Waals surface area (Å²) in [6, 6.07) is 3.96. The number of amides is 1. The molecule has 0 aliphatic carbocycles. The number of rotatable bonds is 2. The van der Waals surface area contributed by atoms with Gasteiger partial charge in [-0.15, -0.1) is 0 Å². The van der Waals surface area contributed by atoms with Crippen molar-refractivity contribution in [3.63, 3.8) is 0 Å². The van der Waals surface area contributed by atoms with Crippen LogP contribution in [-0.4, -0.2) is 22.6 Å². The number of aromatic nitrogens is 2. The maximum Gasteiger partial charge on any atom is 0.232 e. The van der Waals surface area contributed by atoms with Gasteiger partial charge in [-0.2, -0.15) is 4.98 Å². The third kappa shape index (κ3) is 2.27. The van der Waals surface area contributed by atoms with Crippen molar-refractivity contribution in [2.24, 2.45) is 0 Å². The van der Waals surface area contributed by atoms with E-state index in [0.717, 1.165) is 0 Å². The number of aryl methyl sites for hydroxylation is 1. The Balaban J connectivity index is 1.87. The molecule has 1 aliphatic rings. The lowest BCUT2D eigenvalue weighted by atomic mass is 10.1. The Labute approximate surface area is 119 Å². The molecule has 2 aromatic rings. The lowest BCUT2D eigenvalue weighted by Crippen LogP contribution is -2.24. The molecule has 1 aliphatic heterocycles. The Morgan fingerprint density at radius 3 is 2.95 bits per heavy atom. The van der Waals surface area contributed by atoms with Crippen LogP contribution in [0.4, 0.5) is 10.1 Å². The molecule has 1 atom stereocenters. The van der Waals surface area contributed by atoms with Crippen LogP contribution < -0.4 is 4.90 Å². The number of benzene rings is 1. The molecule has 1 unspecified atom stereocenters. The summed E-state index contributed by atoms with van der Waals surface area (Å²) in [7, 11) is 0. The lowest BCUT2D eigenvalue weighted by Gasteiger charge is -2.17. The van der Waals surface area contributed by atoms with Crippen LogP contribution in [0.2, 0.25) is 5.02 Å². The van der Waals surface area contributed by atoms with Gasteiger partial charge in [0.05, 0.1) is 16.6 Å². The van der Waals surface area contributed by atoms with Crippen molar-refractivity contribution >= 4 is 23.2 Å². The van der Waals surface area contributed by atoms with Crippen molar-refractivity contribution in [1.29, 1.82) is 0 Å². The van der Waals surface area contributed by atoms with Gasteiger partial charge in [-0.25, -0.2) is 4.39 Å². The minimum absolute atomic E-state index is 0.0978. The predicted octanol–water partition coefficient (Wildman–Crippen LogP) is 2.69. The number of carbonyl (C=O) groups excluding carboxylic acids is 1. The summed E-state index contributed by atoms with van der Waals surface area (Å²) in [6.07, 6.45) is 0.273. The third-order valence-electron chi connectivity index (χ3n) is 3.22. The topological polar surface area (TPSA) is 59.2 Å². The maximum absolute atomic E-state index is 13.1. The van der Waals surface area contributed by atoms with Crippen molar-refractivity contribution in [3.05, 3.63) is 40.8 Å². The van der Waals surface area contributed by atoms with Crippen LogP contribution in [0.25, 0.3) is 0 Å². The summed E-state index contributed by atoms with van der Waals surface area (Å²) in [6.45, 7) is 2.12. The van der Waals surface area contributed by atoms with E-state index < -0.39 is 5.82 Å². The van der Waals surface area contributed by atoms with E-state index in [0.29, 0.717) is 23.9 Å². The van der Waals surface area contributed by atoms with Gasteiger partial charge in [0.2, 0.25) is 11.8 Å². The monoisotopic (exact) mass is 295 g/mol. The molecule has 1 amide bonds. The quantitative estimate of drug-likeness (QED) is 0.854. The lowest BCUT2D eigenvalue weighted by molar-refractivity contribution is -0.117. The highest BCUT2D eigenvalue weighted by molar-refractivity contribution is 6.33. The highest BCUT2D eigenvalue weighted by Crippen LogP contribution is 2.34. The molecular formula is C13H11ClFN3O2. The van der Waals surface area contributed by atoms with Gasteiger partial charge >= 0.3 is 0 Å². The average molecular weight is 296 g/mol. The van der Waals surface area contributed by atoms with E-state index >= 15 is 0 Å². The van der Waals surface area contributed by atoms with Gasteiger partial charge in [-0.3, -0.25) is 4.79 Å². The molecule has 1 saturated heterocycles. The van der Waals surface area contributed by atoms with E-state index in [4.69, 9.17) is 16.1 Å². The largest absolute Gasteiger partial charge is 0.339 e. The predicted molar refractivity (Wildman–Crippen MR) is 70.2 cm³/mol. The minimum Gasteiger partial charge on any atom is -0.339 e. The van der Waals surface area contributed by atoms with Gasteiger partial charge in [0, 0.05) is 13.0 Å². The highest BCUT2D eigenvalue weighted by atomic mass is 35.5. The third-order valence-corrected chi connectivity index (χ3v) is 3.52. The summed E-state index contributed by atoms with van der Waals surface area (Å²) in [5.41, 5.74) is 0.497. The van der Waals surface area contributed by atoms with E-state index in [-0.39, 0.29) is 23.3 Å². The van der Waals surface area contributed by atoms with Crippen molar-refractivity contribution < 1.29 is 13.7 Å². The van der Waals surface area contributed by atoms with Crippen LogP contribution >= 0.6 is 11.6 Å². The number of carbonyl (C=O) groups is 1. The Kier molecular flexibility index (Phi) is 3.17. The summed E-state index contributed by atoms with van der Waals surface area (Å²) in [5.74, 6) is 0.279. The first-order valence-electron chi connectivity index (χ1n) is 6.10. The van der Waals surface area contributed by atoms with Crippen LogP contribution in [0.15, 0.2) is 22.7 Å². The SMILES string of the molecule is Cc1noc(C2CC(=O)N(c3ccc(F)cc3Cl)C2)n1. The summed E-state index contributed by atoms with van der Waals surface area (Å²) in [5, 5.41) is 3.93. The molecule has 7 heteroatoms. The van der Waals surface area contributed by atoms with E-state index in [9.17, 15) is 9.18 Å². The normalized spacial score (nSPS) is 18.9. The molecule has 1 aromatic heterocycles. The molecule has 20 heavy (non-hydrogen) atoms. The number of nitrogens with zero attached hydrogens (tertiary/aromatic N) is 3. The smallest absolute Gasteiger partial charge is 0.232 e. The van der Waals surface area contributed by atoms with Crippen LogP contribution in [0, 0.1) is 12.7 Å². The fraction of sp³-hybridized carbons (Fsp3) is 0.308. The molecular weight excluding hydrogens is 285 g/mol. The van der Waals surface area contributed by atoms with Gasteiger partial charge in [0.25, 0.3) is 0 Å². The molecule has 0 N–H and O–H groups in total. The minimum atomic E-state index is -0.436. The molecule has 104 valence electrons. The van der Waals surface area contributed by atoms with E-state index in [1.807, 2.05) is 0 Å². The molecule has 0 saturated carbocycles. The van der Waals surface area contributed by atoms with Crippen molar-refractivity contribution in [2.75, 3.05) is 11.4 Å². The van der Waals surface area contributed by atoms with Crippen molar-refractivity contribution in [1.82, 2.24) is 10.1 Å². The zero-order valence-electron chi connectivity index (χ0n) is 10.6. The molecule has 0 bridgehead atoms. The molecule has 1 aromatic carbocycles. The van der Waals surface area contributed by atoms with Gasteiger partial charge < -0.3 is 9.42 Å². The van der Waals surface area contributed by atoms with Crippen LogP contribution in [0.1, 0.15) is 24.1 Å². The van der Waals surface area contributed by atoms with Gasteiger partial charge in [0.1, 0.15) is 5.82 Å². The van der Waals surface area contributed by atoms with Crippen molar-refractivity contribution in [2.45, 2.75) is 19.3 Å². The van der Waals surface area contributed by atoms with Crippen LogP contribution in [-0.2, 0) is 4.79 Å². The van der Waals surface area contributed by atoms with Crippen LogP contribution in [0.3, 0.4) is 0 Å². The average Bonchev–Trinajstić information content (AvgIpc) is 2.96. The zero-order chi connectivity index (χ0) is 14.3. The standard InChI is InChI=1S/C13H11ClFN3O2/c1-7-16-13(20-17-7)8-4-12(19)18(6-8)11-3-2-9(15)5-10(11)14/h2-3,5,8H,4,6H2,1H3. The molecule has 1 fully saturated rings. The Morgan fingerprint density at radius 2 is 2.30 bits per heavy atom. The number of halogens is 2. The Hall–Kier alpha value is -1.95. The summed E-state index contributed by atoms with van der Waals surface area (Å²) in [4.78, 5) is 17.7. The first-order valence-corrected chi connectivity index (χ1v) is 6.48. The Morgan fingerprint density at radius 1 is 1.50 bits per heavy atom. The van der Waals surface area contributed by atoms with E-state index in [2.05, 4.69) is 10.1 Å². The second kappa shape index (κ2) is 4.86. The number of anilines is 1. The summed E-state index contributed by atoms with van der Waals surface area (Å²) < 4.78 is 18.2. The Bertz CT molecular complexity index is 673. The van der Waals surface area contributed by atoms with Gasteiger partial charge in [-0.05, 0) is 25.1 Å². The van der Waals surface area contributed by atoms with Crippen molar-refractivity contribution in [3.8, 4) is 0 Å². The molecule has 0 spiro atoms. The number of hydrogen-bond acceptors (Lipinski definition) is 4.